The number of nitrogens with zero attached hydrogens (tertiary/aromatic N) is 2. The van der Waals surface area contributed by atoms with Crippen LogP contribution < -0.4 is 5.32 Å². The van der Waals surface area contributed by atoms with Gasteiger partial charge in [-0.1, -0.05) is 58.4 Å². The molecular weight excluding hydrogens is 525 g/mol. The molecule has 0 amide bonds. The summed E-state index contributed by atoms with van der Waals surface area (Å²) >= 11 is 3.45. The van der Waals surface area contributed by atoms with Gasteiger partial charge in [0.25, 0.3) is 0 Å². The van der Waals surface area contributed by atoms with Crippen LogP contribution in [-0.2, 0) is 23.1 Å². The molecule has 2 aromatic rings. The number of benzene rings is 2. The molecule has 0 aliphatic rings. The second-order valence-corrected chi connectivity index (χ2v) is 8.22. The molecule has 0 heterocycles. The van der Waals surface area contributed by atoms with Crippen molar-refractivity contribution in [2.24, 2.45) is 4.99 Å². The second-order valence-electron chi connectivity index (χ2n) is 5.73. The Morgan fingerprint density at radius 3 is 2.38 bits per heavy atom. The van der Waals surface area contributed by atoms with E-state index >= 15 is 0 Å². The van der Waals surface area contributed by atoms with Crippen LogP contribution in [0.15, 0.2) is 64.1 Å². The molecule has 2 aromatic carbocycles. The van der Waals surface area contributed by atoms with Gasteiger partial charge in [0.2, 0.25) is 0 Å². The molecule has 0 radical (unpaired) electrons. The lowest BCUT2D eigenvalue weighted by Gasteiger charge is -2.22. The minimum Gasteiger partial charge on any atom is -0.355 e. The monoisotopic (exact) mass is 549 g/mol. The van der Waals surface area contributed by atoms with Crippen LogP contribution >= 0.6 is 39.9 Å². The standard InChI is InChI=1S/C19H24BrN3OS.HI/c1-21-19(23(2)14-16-8-10-18(20)11-9-16)22-12-13-25(24)15-17-6-4-3-5-7-17;/h3-11H,12-15H2,1-2H3,(H,21,22);1H. The number of rotatable bonds is 7. The molecule has 0 saturated carbocycles. The zero-order valence-electron chi connectivity index (χ0n) is 15.0. The number of hydrogen-bond acceptors (Lipinski definition) is 2. The van der Waals surface area contributed by atoms with Crippen molar-refractivity contribution < 1.29 is 4.21 Å². The quantitative estimate of drug-likeness (QED) is 0.322. The lowest BCUT2D eigenvalue weighted by Crippen LogP contribution is -2.40. The molecule has 0 aliphatic carbocycles. The Morgan fingerprint density at radius 2 is 1.77 bits per heavy atom. The van der Waals surface area contributed by atoms with E-state index in [1.54, 1.807) is 7.05 Å². The minimum absolute atomic E-state index is 0. The third-order valence-electron chi connectivity index (χ3n) is 3.69. The highest BCUT2D eigenvalue weighted by molar-refractivity contribution is 14.0. The van der Waals surface area contributed by atoms with Gasteiger partial charge >= 0.3 is 0 Å². The predicted molar refractivity (Wildman–Crippen MR) is 126 cm³/mol. The SMILES string of the molecule is CN=C(NCCS(=O)Cc1ccccc1)N(C)Cc1ccc(Br)cc1.I. The molecule has 0 fully saturated rings. The Balaban J connectivity index is 0.00000338. The molecule has 142 valence electrons. The summed E-state index contributed by atoms with van der Waals surface area (Å²) in [7, 11) is 2.88. The largest absolute Gasteiger partial charge is 0.355 e. The first kappa shape index (κ1) is 23.1. The van der Waals surface area contributed by atoms with E-state index in [0.29, 0.717) is 18.1 Å². The van der Waals surface area contributed by atoms with Crippen molar-refractivity contribution in [1.82, 2.24) is 10.2 Å². The summed E-state index contributed by atoms with van der Waals surface area (Å²) in [4.78, 5) is 6.36. The van der Waals surface area contributed by atoms with Crippen molar-refractivity contribution in [2.45, 2.75) is 12.3 Å². The molecule has 0 aliphatic heterocycles. The van der Waals surface area contributed by atoms with E-state index in [-0.39, 0.29) is 24.0 Å². The van der Waals surface area contributed by atoms with E-state index in [2.05, 4.69) is 43.3 Å². The molecule has 1 atom stereocenters. The third kappa shape index (κ3) is 8.18. The zero-order valence-corrected chi connectivity index (χ0v) is 19.8. The summed E-state index contributed by atoms with van der Waals surface area (Å²) in [6.45, 7) is 1.40. The lowest BCUT2D eigenvalue weighted by atomic mass is 10.2. The molecule has 0 bridgehead atoms. The molecule has 4 nitrogen and oxygen atoms in total. The van der Waals surface area contributed by atoms with Crippen molar-refractivity contribution in [3.05, 3.63) is 70.2 Å². The van der Waals surface area contributed by atoms with E-state index in [9.17, 15) is 4.21 Å². The zero-order chi connectivity index (χ0) is 18.1. The Morgan fingerprint density at radius 1 is 1.12 bits per heavy atom. The van der Waals surface area contributed by atoms with Crippen LogP contribution in [0.4, 0.5) is 0 Å². The summed E-state index contributed by atoms with van der Waals surface area (Å²) in [5.74, 6) is 2.00. The molecule has 1 unspecified atom stereocenters. The molecule has 2 rings (SSSR count). The number of hydrogen-bond donors (Lipinski definition) is 1. The summed E-state index contributed by atoms with van der Waals surface area (Å²) in [5, 5.41) is 3.29. The molecule has 7 heteroatoms. The van der Waals surface area contributed by atoms with Gasteiger partial charge < -0.3 is 10.2 Å². The average molecular weight is 550 g/mol. The van der Waals surface area contributed by atoms with Crippen LogP contribution in [0.5, 0.6) is 0 Å². The number of aliphatic imine (C=N–C) groups is 1. The van der Waals surface area contributed by atoms with Gasteiger partial charge in [-0.25, -0.2) is 0 Å². The number of nitrogens with one attached hydrogen (secondary N) is 1. The van der Waals surface area contributed by atoms with Gasteiger partial charge in [0.05, 0.1) is 0 Å². The smallest absolute Gasteiger partial charge is 0.193 e. The molecule has 0 aromatic heterocycles. The summed E-state index contributed by atoms with van der Waals surface area (Å²) in [6, 6.07) is 18.2. The van der Waals surface area contributed by atoms with Gasteiger partial charge in [-0.2, -0.15) is 0 Å². The van der Waals surface area contributed by atoms with E-state index in [1.165, 1.54) is 5.56 Å². The molecule has 26 heavy (non-hydrogen) atoms. The van der Waals surface area contributed by atoms with E-state index in [1.807, 2.05) is 49.5 Å². The number of guanidine groups is 1. The lowest BCUT2D eigenvalue weighted by molar-refractivity contribution is 0.479. The first-order valence-electron chi connectivity index (χ1n) is 8.13. The maximum absolute atomic E-state index is 12.2. The highest BCUT2D eigenvalue weighted by atomic mass is 127. The van der Waals surface area contributed by atoms with Crippen LogP contribution in [0.3, 0.4) is 0 Å². The normalized spacial score (nSPS) is 12.2. The highest BCUT2D eigenvalue weighted by Crippen LogP contribution is 2.11. The fourth-order valence-electron chi connectivity index (χ4n) is 2.43. The van der Waals surface area contributed by atoms with E-state index in [0.717, 1.165) is 22.5 Å². The second kappa shape index (κ2) is 12.5. The van der Waals surface area contributed by atoms with E-state index < -0.39 is 10.8 Å². The Bertz CT molecular complexity index is 710. The maximum atomic E-state index is 12.2. The van der Waals surface area contributed by atoms with Gasteiger partial charge in [-0.05, 0) is 23.3 Å². The van der Waals surface area contributed by atoms with E-state index in [4.69, 9.17) is 0 Å². The van der Waals surface area contributed by atoms with Crippen molar-refractivity contribution in [3.63, 3.8) is 0 Å². The molecule has 1 N–H and O–H groups in total. The first-order chi connectivity index (χ1) is 12.1. The van der Waals surface area contributed by atoms with Crippen LogP contribution in [-0.4, -0.2) is 41.5 Å². The summed E-state index contributed by atoms with van der Waals surface area (Å²) in [5.41, 5.74) is 2.32. The first-order valence-corrected chi connectivity index (χ1v) is 10.4. The van der Waals surface area contributed by atoms with Crippen molar-refractivity contribution >= 4 is 56.7 Å². The van der Waals surface area contributed by atoms with Crippen molar-refractivity contribution in [3.8, 4) is 0 Å². The van der Waals surface area contributed by atoms with Crippen molar-refractivity contribution in [2.75, 3.05) is 26.4 Å². The molecule has 0 saturated heterocycles. The predicted octanol–water partition coefficient (Wildman–Crippen LogP) is 4.02. The highest BCUT2D eigenvalue weighted by Gasteiger charge is 2.08. The minimum atomic E-state index is -0.884. The Kier molecular flexibility index (Phi) is 11.1. The van der Waals surface area contributed by atoms with Gasteiger partial charge in [-0.3, -0.25) is 9.20 Å². The Labute approximate surface area is 184 Å². The summed E-state index contributed by atoms with van der Waals surface area (Å²) in [6.07, 6.45) is 0. The average Bonchev–Trinajstić information content (AvgIpc) is 2.61. The molecule has 0 spiro atoms. The van der Waals surface area contributed by atoms with Crippen LogP contribution in [0.25, 0.3) is 0 Å². The third-order valence-corrected chi connectivity index (χ3v) is 5.53. The maximum Gasteiger partial charge on any atom is 0.193 e. The topological polar surface area (TPSA) is 44.7 Å². The van der Waals surface area contributed by atoms with Crippen LogP contribution in [0.1, 0.15) is 11.1 Å². The van der Waals surface area contributed by atoms with Crippen LogP contribution in [0.2, 0.25) is 0 Å². The molecular formula is C19H25BrIN3OS. The van der Waals surface area contributed by atoms with Gasteiger partial charge in [0, 0.05) is 54.0 Å². The van der Waals surface area contributed by atoms with Gasteiger partial charge in [0.15, 0.2) is 5.96 Å². The fourth-order valence-corrected chi connectivity index (χ4v) is 3.73. The van der Waals surface area contributed by atoms with Crippen LogP contribution in [0, 0.1) is 0 Å². The Hall–Kier alpha value is -0.930. The van der Waals surface area contributed by atoms with Gasteiger partial charge in [-0.15, -0.1) is 24.0 Å². The van der Waals surface area contributed by atoms with Gasteiger partial charge in [0.1, 0.15) is 0 Å². The van der Waals surface area contributed by atoms with Crippen molar-refractivity contribution in [1.29, 1.82) is 0 Å². The fraction of sp³-hybridized carbons (Fsp3) is 0.316. The number of halogens is 2. The summed E-state index contributed by atoms with van der Waals surface area (Å²) < 4.78 is 13.3.